The minimum atomic E-state index is -0.746. The molecule has 1 N–H and O–H groups in total. The predicted octanol–water partition coefficient (Wildman–Crippen LogP) is 6.24. The van der Waals surface area contributed by atoms with Gasteiger partial charge < -0.3 is 15.0 Å². The molecule has 36 heavy (non-hydrogen) atoms. The largest absolute Gasteiger partial charge is 0.484 e. The van der Waals surface area contributed by atoms with Gasteiger partial charge in [0.1, 0.15) is 11.8 Å². The molecule has 3 aromatic carbocycles. The van der Waals surface area contributed by atoms with Crippen LogP contribution in [0.1, 0.15) is 36.5 Å². The van der Waals surface area contributed by atoms with Crippen molar-refractivity contribution in [2.45, 2.75) is 45.7 Å². The van der Waals surface area contributed by atoms with Crippen molar-refractivity contribution in [2.24, 2.45) is 0 Å². The Balaban J connectivity index is 1.92. The number of para-hydroxylation sites is 1. The third-order valence-electron chi connectivity index (χ3n) is 5.90. The average Bonchev–Trinajstić information content (AvgIpc) is 2.87. The van der Waals surface area contributed by atoms with Crippen LogP contribution in [0.3, 0.4) is 0 Å². The summed E-state index contributed by atoms with van der Waals surface area (Å²) >= 11 is 12.6. The van der Waals surface area contributed by atoms with E-state index in [2.05, 4.69) is 12.2 Å². The van der Waals surface area contributed by atoms with Crippen LogP contribution in [0.15, 0.2) is 72.8 Å². The Morgan fingerprint density at radius 3 is 2.42 bits per heavy atom. The van der Waals surface area contributed by atoms with E-state index in [1.165, 1.54) is 0 Å². The van der Waals surface area contributed by atoms with Gasteiger partial charge in [0, 0.05) is 29.6 Å². The van der Waals surface area contributed by atoms with Crippen molar-refractivity contribution in [3.63, 3.8) is 0 Å². The van der Waals surface area contributed by atoms with Crippen LogP contribution in [0.2, 0.25) is 10.0 Å². The molecular weight excluding hydrogens is 495 g/mol. The van der Waals surface area contributed by atoms with Crippen molar-refractivity contribution >= 4 is 35.0 Å². The van der Waals surface area contributed by atoms with E-state index >= 15 is 0 Å². The standard InChI is InChI=1S/C29H32Cl2N2O3/c1-3-4-16-32-29(35)26(17-22-11-6-5-7-12-22)33(19-23-14-15-24(30)18-25(23)31)28(34)20-36-27-13-9-8-10-21(27)2/h5-15,18,26H,3-4,16-17,19-20H2,1-2H3,(H,32,35)/t26-/m1/s1. The minimum absolute atomic E-state index is 0.144. The van der Waals surface area contributed by atoms with Gasteiger partial charge in [0.15, 0.2) is 6.61 Å². The van der Waals surface area contributed by atoms with Crippen LogP contribution < -0.4 is 10.1 Å². The zero-order valence-corrected chi connectivity index (χ0v) is 22.2. The molecule has 7 heteroatoms. The molecule has 0 aliphatic heterocycles. The Bertz CT molecular complexity index is 1150. The van der Waals surface area contributed by atoms with Crippen LogP contribution in [0.5, 0.6) is 5.75 Å². The molecular formula is C29H32Cl2N2O3. The molecule has 0 heterocycles. The van der Waals surface area contributed by atoms with Crippen molar-refractivity contribution in [3.8, 4) is 5.75 Å². The van der Waals surface area contributed by atoms with Gasteiger partial charge in [0.25, 0.3) is 5.91 Å². The molecule has 3 rings (SSSR count). The van der Waals surface area contributed by atoms with Crippen LogP contribution in [0.25, 0.3) is 0 Å². The average molecular weight is 527 g/mol. The number of nitrogens with zero attached hydrogens (tertiary/aromatic N) is 1. The fourth-order valence-corrected chi connectivity index (χ4v) is 4.30. The summed E-state index contributed by atoms with van der Waals surface area (Å²) in [6, 6.07) is 21.6. The van der Waals surface area contributed by atoms with E-state index < -0.39 is 6.04 Å². The summed E-state index contributed by atoms with van der Waals surface area (Å²) in [5, 5.41) is 3.94. The number of benzene rings is 3. The van der Waals surface area contributed by atoms with E-state index in [0.717, 1.165) is 24.0 Å². The summed E-state index contributed by atoms with van der Waals surface area (Å²) in [6.45, 7) is 4.47. The van der Waals surface area contributed by atoms with Crippen LogP contribution >= 0.6 is 23.2 Å². The smallest absolute Gasteiger partial charge is 0.261 e. The summed E-state index contributed by atoms with van der Waals surface area (Å²) in [7, 11) is 0. The zero-order valence-electron chi connectivity index (χ0n) is 20.7. The van der Waals surface area contributed by atoms with E-state index in [4.69, 9.17) is 27.9 Å². The van der Waals surface area contributed by atoms with E-state index in [0.29, 0.717) is 34.3 Å². The number of hydrogen-bond acceptors (Lipinski definition) is 3. The third kappa shape index (κ3) is 8.00. The second-order valence-corrected chi connectivity index (χ2v) is 9.51. The highest BCUT2D eigenvalue weighted by molar-refractivity contribution is 6.35. The number of carbonyl (C=O) groups is 2. The van der Waals surface area contributed by atoms with Crippen LogP contribution in [0.4, 0.5) is 0 Å². The fourth-order valence-electron chi connectivity index (χ4n) is 3.83. The molecule has 0 radical (unpaired) electrons. The molecule has 0 fully saturated rings. The van der Waals surface area contributed by atoms with E-state index in [1.54, 1.807) is 23.1 Å². The molecule has 3 aromatic rings. The number of rotatable bonds is 12. The maximum absolute atomic E-state index is 13.6. The molecule has 190 valence electrons. The summed E-state index contributed by atoms with van der Waals surface area (Å²) in [5.74, 6) is 0.111. The zero-order chi connectivity index (χ0) is 25.9. The second kappa shape index (κ2) is 13.9. The van der Waals surface area contributed by atoms with Gasteiger partial charge in [-0.25, -0.2) is 0 Å². The lowest BCUT2D eigenvalue weighted by Gasteiger charge is -2.32. The van der Waals surface area contributed by atoms with E-state index in [9.17, 15) is 9.59 Å². The van der Waals surface area contributed by atoms with Crippen LogP contribution in [-0.4, -0.2) is 35.9 Å². The Labute approximate surface area is 223 Å². The molecule has 0 aromatic heterocycles. The Morgan fingerprint density at radius 1 is 1.00 bits per heavy atom. The third-order valence-corrected chi connectivity index (χ3v) is 6.49. The van der Waals surface area contributed by atoms with Gasteiger partial charge in [-0.1, -0.05) is 91.1 Å². The summed E-state index contributed by atoms with van der Waals surface area (Å²) in [4.78, 5) is 28.6. The van der Waals surface area contributed by atoms with Gasteiger partial charge in [-0.2, -0.15) is 0 Å². The highest BCUT2D eigenvalue weighted by Gasteiger charge is 2.31. The molecule has 2 amide bonds. The van der Waals surface area contributed by atoms with E-state index in [-0.39, 0.29) is 25.0 Å². The van der Waals surface area contributed by atoms with Crippen LogP contribution in [0, 0.1) is 6.92 Å². The van der Waals surface area contributed by atoms with Crippen LogP contribution in [-0.2, 0) is 22.6 Å². The number of ether oxygens (including phenoxy) is 1. The minimum Gasteiger partial charge on any atom is -0.484 e. The molecule has 0 saturated heterocycles. The van der Waals surface area contributed by atoms with Gasteiger partial charge in [-0.05, 0) is 48.2 Å². The lowest BCUT2D eigenvalue weighted by Crippen LogP contribution is -2.51. The number of halogens is 2. The monoisotopic (exact) mass is 526 g/mol. The van der Waals surface area contributed by atoms with Crippen molar-refractivity contribution < 1.29 is 14.3 Å². The maximum Gasteiger partial charge on any atom is 0.261 e. The highest BCUT2D eigenvalue weighted by atomic mass is 35.5. The van der Waals surface area contributed by atoms with Crippen molar-refractivity contribution in [3.05, 3.63) is 99.5 Å². The van der Waals surface area contributed by atoms with Gasteiger partial charge in [-0.15, -0.1) is 0 Å². The fraction of sp³-hybridized carbons (Fsp3) is 0.310. The molecule has 0 aliphatic carbocycles. The number of unbranched alkanes of at least 4 members (excludes halogenated alkanes) is 1. The second-order valence-electron chi connectivity index (χ2n) is 8.66. The highest BCUT2D eigenvalue weighted by Crippen LogP contribution is 2.24. The molecule has 0 aliphatic rings. The summed E-state index contributed by atoms with van der Waals surface area (Å²) < 4.78 is 5.87. The first-order chi connectivity index (χ1) is 17.4. The molecule has 0 unspecified atom stereocenters. The summed E-state index contributed by atoms with van der Waals surface area (Å²) in [6.07, 6.45) is 2.17. The predicted molar refractivity (Wildman–Crippen MR) is 146 cm³/mol. The first-order valence-corrected chi connectivity index (χ1v) is 12.9. The lowest BCUT2D eigenvalue weighted by atomic mass is 10.0. The van der Waals surface area contributed by atoms with Gasteiger partial charge in [-0.3, -0.25) is 9.59 Å². The Hall–Kier alpha value is -3.02. The quantitative estimate of drug-likeness (QED) is 0.284. The number of aryl methyl sites for hydroxylation is 1. The topological polar surface area (TPSA) is 58.6 Å². The normalized spacial score (nSPS) is 11.6. The van der Waals surface area contributed by atoms with Crippen molar-refractivity contribution in [1.29, 1.82) is 0 Å². The number of carbonyl (C=O) groups excluding carboxylic acids is 2. The Morgan fingerprint density at radius 2 is 1.72 bits per heavy atom. The van der Waals surface area contributed by atoms with Gasteiger partial charge in [0.2, 0.25) is 5.91 Å². The van der Waals surface area contributed by atoms with E-state index in [1.807, 2.05) is 61.5 Å². The molecule has 0 bridgehead atoms. The first kappa shape index (κ1) is 27.6. The lowest BCUT2D eigenvalue weighted by molar-refractivity contribution is -0.142. The molecule has 1 atom stereocenters. The molecule has 0 spiro atoms. The van der Waals surface area contributed by atoms with Gasteiger partial charge in [0.05, 0.1) is 0 Å². The SMILES string of the molecule is CCCCNC(=O)[C@@H](Cc1ccccc1)N(Cc1ccc(Cl)cc1Cl)C(=O)COc1ccccc1C. The first-order valence-electron chi connectivity index (χ1n) is 12.1. The van der Waals surface area contributed by atoms with Crippen molar-refractivity contribution in [1.82, 2.24) is 10.2 Å². The molecule has 5 nitrogen and oxygen atoms in total. The van der Waals surface area contributed by atoms with Crippen molar-refractivity contribution in [2.75, 3.05) is 13.2 Å². The number of amides is 2. The number of nitrogens with one attached hydrogen (secondary N) is 1. The number of hydrogen-bond donors (Lipinski definition) is 1. The molecule has 0 saturated carbocycles. The maximum atomic E-state index is 13.6. The summed E-state index contributed by atoms with van der Waals surface area (Å²) in [5.41, 5.74) is 2.58. The Kier molecular flexibility index (Phi) is 10.6. The van der Waals surface area contributed by atoms with Gasteiger partial charge >= 0.3 is 0 Å².